The Morgan fingerprint density at radius 3 is 2.67 bits per heavy atom. The second-order valence-electron chi connectivity index (χ2n) is 5.61. The SMILES string of the molecule is CCOc1ccc(NC(=O)c2cccc(N3CCCC3=O)c2)cc1. The van der Waals surface area contributed by atoms with Gasteiger partial charge in [0.25, 0.3) is 5.91 Å². The molecule has 5 nitrogen and oxygen atoms in total. The third kappa shape index (κ3) is 3.56. The first-order chi connectivity index (χ1) is 11.7. The molecule has 24 heavy (non-hydrogen) atoms. The van der Waals surface area contributed by atoms with Crippen LogP contribution in [0.15, 0.2) is 48.5 Å². The number of amides is 2. The molecule has 1 N–H and O–H groups in total. The highest BCUT2D eigenvalue weighted by Gasteiger charge is 2.22. The Kier molecular flexibility index (Phi) is 4.79. The smallest absolute Gasteiger partial charge is 0.255 e. The summed E-state index contributed by atoms with van der Waals surface area (Å²) in [4.78, 5) is 26.0. The molecule has 2 amide bonds. The lowest BCUT2D eigenvalue weighted by Gasteiger charge is -2.16. The van der Waals surface area contributed by atoms with Crippen molar-refractivity contribution in [1.29, 1.82) is 0 Å². The minimum absolute atomic E-state index is 0.110. The Balaban J connectivity index is 1.71. The van der Waals surface area contributed by atoms with Crippen LogP contribution in [0.25, 0.3) is 0 Å². The van der Waals surface area contributed by atoms with Crippen LogP contribution in [0.1, 0.15) is 30.1 Å². The fourth-order valence-corrected chi connectivity index (χ4v) is 2.74. The lowest BCUT2D eigenvalue weighted by atomic mass is 10.1. The molecule has 0 unspecified atom stereocenters. The van der Waals surface area contributed by atoms with Crippen molar-refractivity contribution in [3.63, 3.8) is 0 Å². The molecule has 0 aromatic heterocycles. The van der Waals surface area contributed by atoms with Crippen LogP contribution in [-0.4, -0.2) is 25.0 Å². The number of anilines is 2. The number of hydrogen-bond donors (Lipinski definition) is 1. The van der Waals surface area contributed by atoms with Crippen molar-refractivity contribution in [2.24, 2.45) is 0 Å². The minimum atomic E-state index is -0.201. The second-order valence-corrected chi connectivity index (χ2v) is 5.61. The van der Waals surface area contributed by atoms with E-state index in [2.05, 4.69) is 5.32 Å². The second kappa shape index (κ2) is 7.17. The Morgan fingerprint density at radius 2 is 2.00 bits per heavy atom. The van der Waals surface area contributed by atoms with Gasteiger partial charge in [0.05, 0.1) is 6.61 Å². The highest BCUT2D eigenvalue weighted by molar-refractivity contribution is 6.05. The molecule has 0 spiro atoms. The zero-order valence-electron chi connectivity index (χ0n) is 13.6. The van der Waals surface area contributed by atoms with Crippen LogP contribution < -0.4 is 15.0 Å². The normalized spacial score (nSPS) is 13.9. The van der Waals surface area contributed by atoms with Crippen molar-refractivity contribution in [3.8, 4) is 5.75 Å². The van der Waals surface area contributed by atoms with E-state index in [0.717, 1.165) is 17.9 Å². The van der Waals surface area contributed by atoms with Crippen LogP contribution in [0, 0.1) is 0 Å². The maximum atomic E-state index is 12.4. The third-order valence-electron chi connectivity index (χ3n) is 3.92. The highest BCUT2D eigenvalue weighted by Crippen LogP contribution is 2.23. The van der Waals surface area contributed by atoms with Gasteiger partial charge in [-0.25, -0.2) is 0 Å². The van der Waals surface area contributed by atoms with E-state index in [1.807, 2.05) is 25.1 Å². The summed E-state index contributed by atoms with van der Waals surface area (Å²) in [5, 5.41) is 2.86. The molecule has 1 saturated heterocycles. The van der Waals surface area contributed by atoms with Crippen molar-refractivity contribution in [2.75, 3.05) is 23.4 Å². The summed E-state index contributed by atoms with van der Waals surface area (Å²) < 4.78 is 5.38. The van der Waals surface area contributed by atoms with E-state index in [1.54, 1.807) is 35.2 Å². The van der Waals surface area contributed by atoms with Gasteiger partial charge in [-0.05, 0) is 55.8 Å². The summed E-state index contributed by atoms with van der Waals surface area (Å²) in [5.41, 5.74) is 2.00. The Hall–Kier alpha value is -2.82. The van der Waals surface area contributed by atoms with Gasteiger partial charge in [-0.1, -0.05) is 6.07 Å². The predicted octanol–water partition coefficient (Wildman–Crippen LogP) is 3.46. The van der Waals surface area contributed by atoms with E-state index < -0.39 is 0 Å². The summed E-state index contributed by atoms with van der Waals surface area (Å²) in [5.74, 6) is 0.678. The van der Waals surface area contributed by atoms with Crippen LogP contribution in [0.2, 0.25) is 0 Å². The maximum absolute atomic E-state index is 12.4. The summed E-state index contributed by atoms with van der Waals surface area (Å²) in [7, 11) is 0. The van der Waals surface area contributed by atoms with E-state index in [-0.39, 0.29) is 11.8 Å². The van der Waals surface area contributed by atoms with Crippen molar-refractivity contribution < 1.29 is 14.3 Å². The van der Waals surface area contributed by atoms with Crippen LogP contribution in [-0.2, 0) is 4.79 Å². The average Bonchev–Trinajstić information content (AvgIpc) is 3.03. The molecular formula is C19H20N2O3. The van der Waals surface area contributed by atoms with Gasteiger partial charge in [0.1, 0.15) is 5.75 Å². The summed E-state index contributed by atoms with van der Waals surface area (Å²) in [6, 6.07) is 14.4. The first-order valence-corrected chi connectivity index (χ1v) is 8.12. The van der Waals surface area contributed by atoms with E-state index >= 15 is 0 Å². The number of benzene rings is 2. The van der Waals surface area contributed by atoms with Crippen LogP contribution in [0.4, 0.5) is 11.4 Å². The number of nitrogens with one attached hydrogen (secondary N) is 1. The Labute approximate surface area is 141 Å². The van der Waals surface area contributed by atoms with Crippen LogP contribution in [0.5, 0.6) is 5.75 Å². The van der Waals surface area contributed by atoms with Crippen molar-refractivity contribution in [1.82, 2.24) is 0 Å². The van der Waals surface area contributed by atoms with Gasteiger partial charge in [0, 0.05) is 29.9 Å². The first-order valence-electron chi connectivity index (χ1n) is 8.12. The van der Waals surface area contributed by atoms with Crippen molar-refractivity contribution in [2.45, 2.75) is 19.8 Å². The molecule has 0 saturated carbocycles. The van der Waals surface area contributed by atoms with Gasteiger partial charge in [0.15, 0.2) is 0 Å². The molecule has 5 heteroatoms. The molecule has 3 rings (SSSR count). The molecule has 1 aliphatic rings. The van der Waals surface area contributed by atoms with Gasteiger partial charge in [0.2, 0.25) is 5.91 Å². The minimum Gasteiger partial charge on any atom is -0.494 e. The predicted molar refractivity (Wildman–Crippen MR) is 93.6 cm³/mol. The quantitative estimate of drug-likeness (QED) is 0.916. The van der Waals surface area contributed by atoms with Gasteiger partial charge < -0.3 is 15.0 Å². The maximum Gasteiger partial charge on any atom is 0.255 e. The molecule has 2 aromatic rings. The van der Waals surface area contributed by atoms with Crippen LogP contribution in [0.3, 0.4) is 0 Å². The Morgan fingerprint density at radius 1 is 1.21 bits per heavy atom. The molecule has 0 atom stereocenters. The standard InChI is InChI=1S/C19H20N2O3/c1-2-24-17-10-8-15(9-11-17)20-19(23)14-5-3-6-16(13-14)21-12-4-7-18(21)22/h3,5-6,8-11,13H,2,4,7,12H2,1H3,(H,20,23). The third-order valence-corrected chi connectivity index (χ3v) is 3.92. The lowest BCUT2D eigenvalue weighted by Crippen LogP contribution is -2.24. The van der Waals surface area contributed by atoms with Gasteiger partial charge in [-0.15, -0.1) is 0 Å². The number of nitrogens with zero attached hydrogens (tertiary/aromatic N) is 1. The monoisotopic (exact) mass is 324 g/mol. The summed E-state index contributed by atoms with van der Waals surface area (Å²) >= 11 is 0. The number of hydrogen-bond acceptors (Lipinski definition) is 3. The van der Waals surface area contributed by atoms with E-state index in [0.29, 0.717) is 30.8 Å². The van der Waals surface area contributed by atoms with Crippen molar-refractivity contribution in [3.05, 3.63) is 54.1 Å². The summed E-state index contributed by atoms with van der Waals surface area (Å²) in [6.07, 6.45) is 1.43. The molecule has 1 aliphatic heterocycles. The van der Waals surface area contributed by atoms with E-state index in [1.165, 1.54) is 0 Å². The van der Waals surface area contributed by atoms with Crippen molar-refractivity contribution >= 4 is 23.2 Å². The number of rotatable bonds is 5. The molecule has 0 bridgehead atoms. The van der Waals surface area contributed by atoms with E-state index in [4.69, 9.17) is 4.74 Å². The zero-order chi connectivity index (χ0) is 16.9. The fraction of sp³-hybridized carbons (Fsp3) is 0.263. The zero-order valence-corrected chi connectivity index (χ0v) is 13.6. The van der Waals surface area contributed by atoms with Gasteiger partial charge in [-0.3, -0.25) is 9.59 Å². The topological polar surface area (TPSA) is 58.6 Å². The lowest BCUT2D eigenvalue weighted by molar-refractivity contribution is -0.117. The number of carbonyl (C=O) groups is 2. The molecule has 0 radical (unpaired) electrons. The number of carbonyl (C=O) groups excluding carboxylic acids is 2. The molecule has 2 aromatic carbocycles. The first kappa shape index (κ1) is 16.1. The largest absolute Gasteiger partial charge is 0.494 e. The molecular weight excluding hydrogens is 304 g/mol. The van der Waals surface area contributed by atoms with E-state index in [9.17, 15) is 9.59 Å². The highest BCUT2D eigenvalue weighted by atomic mass is 16.5. The number of ether oxygens (including phenoxy) is 1. The molecule has 124 valence electrons. The molecule has 0 aliphatic carbocycles. The Bertz CT molecular complexity index is 741. The average molecular weight is 324 g/mol. The van der Waals surface area contributed by atoms with Gasteiger partial charge >= 0.3 is 0 Å². The summed E-state index contributed by atoms with van der Waals surface area (Å²) in [6.45, 7) is 3.24. The molecule has 1 heterocycles. The van der Waals surface area contributed by atoms with Gasteiger partial charge in [-0.2, -0.15) is 0 Å². The fourth-order valence-electron chi connectivity index (χ4n) is 2.74. The molecule has 1 fully saturated rings. The van der Waals surface area contributed by atoms with Crippen LogP contribution >= 0.6 is 0 Å².